The minimum atomic E-state index is -1.01. The van der Waals surface area contributed by atoms with Crippen molar-refractivity contribution in [1.82, 2.24) is 0 Å². The first-order chi connectivity index (χ1) is 10.8. The lowest BCUT2D eigenvalue weighted by Gasteiger charge is -2.41. The van der Waals surface area contributed by atoms with Crippen LogP contribution in [0.1, 0.15) is 27.2 Å². The predicted octanol–water partition coefficient (Wildman–Crippen LogP) is -0.299. The number of carbonyl (C=O) groups is 4. The average Bonchev–Trinajstić information content (AvgIpc) is 2.78. The van der Waals surface area contributed by atoms with Crippen LogP contribution >= 0.6 is 0 Å². The molecule has 23 heavy (non-hydrogen) atoms. The van der Waals surface area contributed by atoms with Crippen molar-refractivity contribution < 1.29 is 42.9 Å². The van der Waals surface area contributed by atoms with Gasteiger partial charge in [0.15, 0.2) is 12.2 Å². The van der Waals surface area contributed by atoms with Gasteiger partial charge in [0.05, 0.1) is 12.3 Å². The van der Waals surface area contributed by atoms with Crippen LogP contribution in [0.4, 0.5) is 0 Å². The molecule has 0 radical (unpaired) electrons. The highest BCUT2D eigenvalue weighted by Gasteiger charge is 2.55. The lowest BCUT2D eigenvalue weighted by molar-refractivity contribution is -0.266. The Morgan fingerprint density at radius 1 is 1.04 bits per heavy atom. The van der Waals surface area contributed by atoms with Crippen LogP contribution in [0.3, 0.4) is 0 Å². The molecule has 9 heteroatoms. The fraction of sp³-hybridized carbons (Fsp3) is 0.714. The summed E-state index contributed by atoms with van der Waals surface area (Å²) in [5.74, 6) is -2.87. The molecule has 128 valence electrons. The summed E-state index contributed by atoms with van der Waals surface area (Å²) >= 11 is 0. The molecule has 9 nitrogen and oxygen atoms in total. The SMILES string of the molecule is CC(=O)OC[C@H]1O[C@@H]2OC(=O)C[C@@H]2[C@@H](OC(C)=O)[C@@H]1OC(C)=O. The normalized spacial score (nSPS) is 32.5. The zero-order chi connectivity index (χ0) is 17.1. The Kier molecular flexibility index (Phi) is 5.19. The minimum Gasteiger partial charge on any atom is -0.463 e. The van der Waals surface area contributed by atoms with Gasteiger partial charge < -0.3 is 23.7 Å². The number of carbonyl (C=O) groups excluding carboxylic acids is 4. The van der Waals surface area contributed by atoms with E-state index in [1.54, 1.807) is 0 Å². The van der Waals surface area contributed by atoms with E-state index in [2.05, 4.69) is 0 Å². The molecule has 0 aromatic heterocycles. The van der Waals surface area contributed by atoms with Gasteiger partial charge in [-0.1, -0.05) is 0 Å². The molecule has 0 bridgehead atoms. The summed E-state index contributed by atoms with van der Waals surface area (Å²) in [4.78, 5) is 45.2. The van der Waals surface area contributed by atoms with Crippen molar-refractivity contribution in [3.63, 3.8) is 0 Å². The van der Waals surface area contributed by atoms with E-state index in [9.17, 15) is 19.2 Å². The number of ether oxygens (including phenoxy) is 5. The average molecular weight is 330 g/mol. The van der Waals surface area contributed by atoms with Crippen LogP contribution in [-0.4, -0.2) is 55.1 Å². The van der Waals surface area contributed by atoms with Crippen LogP contribution in [0.25, 0.3) is 0 Å². The second kappa shape index (κ2) is 6.95. The Morgan fingerprint density at radius 3 is 2.22 bits per heavy atom. The highest BCUT2D eigenvalue weighted by atomic mass is 16.7. The highest BCUT2D eigenvalue weighted by Crippen LogP contribution is 2.37. The first-order valence-electron chi connectivity index (χ1n) is 7.10. The van der Waals surface area contributed by atoms with Crippen LogP contribution in [0, 0.1) is 5.92 Å². The Balaban J connectivity index is 2.25. The number of rotatable bonds is 4. The molecule has 0 saturated carbocycles. The lowest BCUT2D eigenvalue weighted by Crippen LogP contribution is -2.57. The second-order valence-corrected chi connectivity index (χ2v) is 5.35. The quantitative estimate of drug-likeness (QED) is 0.506. The molecule has 0 spiro atoms. The standard InChI is InChI=1S/C14H18O9/c1-6(15)19-5-10-13(21-8(3)17)12(20-7(2)16)9-4-11(18)23-14(9)22-10/h9-10,12-14H,4-5H2,1-3H3/t9-,10-,12-,13-,14-/m1/s1. The summed E-state index contributed by atoms with van der Waals surface area (Å²) < 4.78 is 25.9. The smallest absolute Gasteiger partial charge is 0.308 e. The van der Waals surface area contributed by atoms with Crippen molar-refractivity contribution in [2.75, 3.05) is 6.61 Å². The lowest BCUT2D eigenvalue weighted by atomic mass is 9.89. The summed E-state index contributed by atoms with van der Waals surface area (Å²) in [5.41, 5.74) is 0. The molecular weight excluding hydrogens is 312 g/mol. The van der Waals surface area contributed by atoms with E-state index >= 15 is 0 Å². The molecule has 2 aliphatic heterocycles. The molecule has 0 N–H and O–H groups in total. The monoisotopic (exact) mass is 330 g/mol. The first kappa shape index (κ1) is 17.2. The molecule has 2 saturated heterocycles. The van der Waals surface area contributed by atoms with Gasteiger partial charge in [-0.25, -0.2) is 0 Å². The third-order valence-corrected chi connectivity index (χ3v) is 3.48. The largest absolute Gasteiger partial charge is 0.463 e. The summed E-state index contributed by atoms with van der Waals surface area (Å²) in [6, 6.07) is 0. The van der Waals surface area contributed by atoms with Crippen LogP contribution < -0.4 is 0 Å². The van der Waals surface area contributed by atoms with Crippen molar-refractivity contribution in [3.8, 4) is 0 Å². The van der Waals surface area contributed by atoms with Crippen molar-refractivity contribution in [2.45, 2.75) is 51.8 Å². The fourth-order valence-corrected chi connectivity index (χ4v) is 2.67. The van der Waals surface area contributed by atoms with Crippen LogP contribution in [-0.2, 0) is 42.9 Å². The zero-order valence-electron chi connectivity index (χ0n) is 13.0. The molecule has 2 heterocycles. The van der Waals surface area contributed by atoms with Gasteiger partial charge in [0.1, 0.15) is 12.7 Å². The third-order valence-electron chi connectivity index (χ3n) is 3.48. The van der Waals surface area contributed by atoms with Crippen LogP contribution in [0.5, 0.6) is 0 Å². The molecule has 0 unspecified atom stereocenters. The summed E-state index contributed by atoms with van der Waals surface area (Å²) in [5, 5.41) is 0. The van der Waals surface area contributed by atoms with Crippen molar-refractivity contribution >= 4 is 23.9 Å². The van der Waals surface area contributed by atoms with E-state index in [4.69, 9.17) is 23.7 Å². The topological polar surface area (TPSA) is 114 Å². The van der Waals surface area contributed by atoms with E-state index < -0.39 is 54.4 Å². The summed E-state index contributed by atoms with van der Waals surface area (Å²) in [6.45, 7) is 3.38. The van der Waals surface area contributed by atoms with E-state index in [0.29, 0.717) is 0 Å². The maximum Gasteiger partial charge on any atom is 0.308 e. The van der Waals surface area contributed by atoms with Gasteiger partial charge in [-0.15, -0.1) is 0 Å². The van der Waals surface area contributed by atoms with E-state index in [-0.39, 0.29) is 13.0 Å². The van der Waals surface area contributed by atoms with Crippen molar-refractivity contribution in [2.24, 2.45) is 5.92 Å². The van der Waals surface area contributed by atoms with Crippen LogP contribution in [0.15, 0.2) is 0 Å². The van der Waals surface area contributed by atoms with Crippen molar-refractivity contribution in [3.05, 3.63) is 0 Å². The zero-order valence-corrected chi connectivity index (χ0v) is 13.0. The molecule has 2 fully saturated rings. The van der Waals surface area contributed by atoms with Gasteiger partial charge in [0, 0.05) is 20.8 Å². The van der Waals surface area contributed by atoms with E-state index in [1.807, 2.05) is 0 Å². The predicted molar refractivity (Wildman–Crippen MR) is 70.6 cm³/mol. The number of hydrogen-bond acceptors (Lipinski definition) is 9. The summed E-state index contributed by atoms with van der Waals surface area (Å²) in [7, 11) is 0. The molecular formula is C14H18O9. The molecule has 5 atom stereocenters. The van der Waals surface area contributed by atoms with Crippen LogP contribution in [0.2, 0.25) is 0 Å². The molecule has 0 aliphatic carbocycles. The Bertz CT molecular complexity index is 514. The van der Waals surface area contributed by atoms with Crippen molar-refractivity contribution in [1.29, 1.82) is 0 Å². The fourth-order valence-electron chi connectivity index (χ4n) is 2.67. The number of hydrogen-bond donors (Lipinski definition) is 0. The van der Waals surface area contributed by atoms with Gasteiger partial charge in [-0.2, -0.15) is 0 Å². The highest BCUT2D eigenvalue weighted by molar-refractivity contribution is 5.72. The minimum absolute atomic E-state index is 0.0271. The molecule has 0 amide bonds. The van der Waals surface area contributed by atoms with Gasteiger partial charge in [-0.05, 0) is 0 Å². The number of fused-ring (bicyclic) bond motifs is 1. The Hall–Kier alpha value is -2.16. The first-order valence-corrected chi connectivity index (χ1v) is 7.10. The summed E-state index contributed by atoms with van der Waals surface area (Å²) in [6.07, 6.45) is -3.83. The molecule has 0 aromatic rings. The Labute approximate surface area is 132 Å². The maximum atomic E-state index is 11.5. The molecule has 0 aromatic carbocycles. The van der Waals surface area contributed by atoms with Gasteiger partial charge in [0.2, 0.25) is 6.29 Å². The molecule has 2 aliphatic rings. The third kappa shape index (κ3) is 4.19. The van der Waals surface area contributed by atoms with E-state index in [0.717, 1.165) is 0 Å². The number of esters is 4. The Morgan fingerprint density at radius 2 is 1.65 bits per heavy atom. The van der Waals surface area contributed by atoms with Gasteiger partial charge in [0.25, 0.3) is 0 Å². The second-order valence-electron chi connectivity index (χ2n) is 5.35. The maximum absolute atomic E-state index is 11.5. The molecule has 2 rings (SSSR count). The van der Waals surface area contributed by atoms with Gasteiger partial charge >= 0.3 is 23.9 Å². The van der Waals surface area contributed by atoms with E-state index in [1.165, 1.54) is 20.8 Å². The van der Waals surface area contributed by atoms with Gasteiger partial charge in [-0.3, -0.25) is 19.2 Å².